The largest absolute Gasteiger partial charge is 0.434 e. The molecule has 1 aliphatic heterocycles. The van der Waals surface area contributed by atoms with Crippen LogP contribution in [0.3, 0.4) is 0 Å². The molecule has 1 unspecified atom stereocenters. The Labute approximate surface area is 199 Å². The first kappa shape index (κ1) is 23.3. The first-order chi connectivity index (χ1) is 16.7. The zero-order valence-corrected chi connectivity index (χ0v) is 19.3. The summed E-state index contributed by atoms with van der Waals surface area (Å²) in [6.07, 6.45) is 3.80. The molecule has 11 heteroatoms. The van der Waals surface area contributed by atoms with Crippen LogP contribution in [0.5, 0.6) is 5.75 Å². The smallest absolute Gasteiger partial charge is 0.387 e. The van der Waals surface area contributed by atoms with Crippen LogP contribution in [-0.2, 0) is 26.7 Å². The lowest BCUT2D eigenvalue weighted by atomic mass is 10.0. The molecule has 0 aliphatic carbocycles. The number of para-hydroxylation sites is 1. The van der Waals surface area contributed by atoms with Gasteiger partial charge in [0.1, 0.15) is 23.3 Å². The Hall–Kier alpha value is -3.44. The normalized spacial score (nSPS) is 16.0. The van der Waals surface area contributed by atoms with Crippen LogP contribution in [0.15, 0.2) is 54.9 Å². The van der Waals surface area contributed by atoms with Crippen molar-refractivity contribution in [2.45, 2.75) is 24.9 Å². The van der Waals surface area contributed by atoms with Gasteiger partial charge >= 0.3 is 6.61 Å². The van der Waals surface area contributed by atoms with Crippen LogP contribution in [0.2, 0.25) is 0 Å². The Morgan fingerprint density at radius 2 is 2.03 bits per heavy atom. The van der Waals surface area contributed by atoms with Crippen molar-refractivity contribution in [3.05, 3.63) is 83.3 Å². The minimum atomic E-state index is -3.26. The average Bonchev–Trinajstić information content (AvgIpc) is 3.15. The van der Waals surface area contributed by atoms with E-state index in [1.54, 1.807) is 34.9 Å². The third-order valence-electron chi connectivity index (χ3n) is 5.66. The number of fused-ring (bicyclic) bond motifs is 3. The molecule has 4 heterocycles. The van der Waals surface area contributed by atoms with Gasteiger partial charge in [-0.25, -0.2) is 17.8 Å². The molecule has 1 aliphatic rings. The number of benzene rings is 1. The summed E-state index contributed by atoms with van der Waals surface area (Å²) in [7, 11) is -3.26. The highest BCUT2D eigenvalue weighted by Gasteiger charge is 2.31. The number of sulfone groups is 1. The number of aromatic nitrogens is 3. The minimum Gasteiger partial charge on any atom is -0.434 e. The van der Waals surface area contributed by atoms with Crippen molar-refractivity contribution >= 4 is 15.5 Å². The summed E-state index contributed by atoms with van der Waals surface area (Å²) < 4.78 is 76.5. The third kappa shape index (κ3) is 4.73. The summed E-state index contributed by atoms with van der Waals surface area (Å²) in [4.78, 5) is 8.70. The quantitative estimate of drug-likeness (QED) is 0.389. The number of alkyl halides is 2. The highest BCUT2D eigenvalue weighted by Crippen LogP contribution is 2.39. The molecular formula is C24H20F3N3O4S. The van der Waals surface area contributed by atoms with E-state index in [2.05, 4.69) is 9.97 Å². The summed E-state index contributed by atoms with van der Waals surface area (Å²) in [6, 6.07) is 10.8. The van der Waals surface area contributed by atoms with Crippen LogP contribution in [0.4, 0.5) is 13.2 Å². The van der Waals surface area contributed by atoms with Gasteiger partial charge in [-0.1, -0.05) is 24.3 Å². The Kier molecular flexibility index (Phi) is 5.97. The molecule has 182 valence electrons. The van der Waals surface area contributed by atoms with Crippen LogP contribution in [-0.4, -0.2) is 42.3 Å². The molecule has 5 rings (SSSR count). The van der Waals surface area contributed by atoms with Crippen molar-refractivity contribution in [2.75, 3.05) is 12.9 Å². The summed E-state index contributed by atoms with van der Waals surface area (Å²) in [5, 5.41) is 0. The first-order valence-corrected chi connectivity index (χ1v) is 12.7. The van der Waals surface area contributed by atoms with Crippen LogP contribution < -0.4 is 4.74 Å². The van der Waals surface area contributed by atoms with Crippen molar-refractivity contribution in [1.82, 2.24) is 14.4 Å². The van der Waals surface area contributed by atoms with E-state index in [0.29, 0.717) is 46.9 Å². The molecule has 0 fully saturated rings. The van der Waals surface area contributed by atoms with Crippen molar-refractivity contribution in [3.63, 3.8) is 0 Å². The second kappa shape index (κ2) is 8.97. The number of rotatable bonds is 6. The lowest BCUT2D eigenvalue weighted by Crippen LogP contribution is -2.20. The predicted molar refractivity (Wildman–Crippen MR) is 122 cm³/mol. The molecule has 0 saturated heterocycles. The Morgan fingerprint density at radius 1 is 1.23 bits per heavy atom. The molecule has 0 bridgehead atoms. The second-order valence-corrected chi connectivity index (χ2v) is 10.4. The lowest BCUT2D eigenvalue weighted by molar-refractivity contribution is -0.0522. The van der Waals surface area contributed by atoms with Crippen molar-refractivity contribution in [2.24, 2.45) is 0 Å². The van der Waals surface area contributed by atoms with Gasteiger partial charge in [-0.3, -0.25) is 9.38 Å². The van der Waals surface area contributed by atoms with Gasteiger partial charge in [-0.15, -0.1) is 0 Å². The summed E-state index contributed by atoms with van der Waals surface area (Å²) >= 11 is 0. The zero-order valence-electron chi connectivity index (χ0n) is 18.5. The number of ether oxygens (including phenoxy) is 2. The van der Waals surface area contributed by atoms with E-state index < -0.39 is 28.4 Å². The van der Waals surface area contributed by atoms with Crippen molar-refractivity contribution in [3.8, 4) is 16.9 Å². The Morgan fingerprint density at radius 3 is 2.74 bits per heavy atom. The second-order valence-electron chi connectivity index (χ2n) is 8.23. The number of nitrogens with zero attached hydrogens (tertiary/aromatic N) is 3. The monoisotopic (exact) mass is 503 g/mol. The van der Waals surface area contributed by atoms with Gasteiger partial charge in [0.2, 0.25) is 0 Å². The maximum atomic E-state index is 15.1. The van der Waals surface area contributed by atoms with Crippen LogP contribution in [0.25, 0.3) is 16.8 Å². The highest BCUT2D eigenvalue weighted by molar-refractivity contribution is 7.89. The highest BCUT2D eigenvalue weighted by atomic mass is 32.2. The molecule has 35 heavy (non-hydrogen) atoms. The molecule has 0 saturated carbocycles. The van der Waals surface area contributed by atoms with Crippen molar-refractivity contribution in [1.29, 1.82) is 0 Å². The van der Waals surface area contributed by atoms with E-state index in [9.17, 15) is 17.2 Å². The number of hydrogen-bond acceptors (Lipinski definition) is 6. The molecule has 0 spiro atoms. The van der Waals surface area contributed by atoms with E-state index in [0.717, 1.165) is 6.26 Å². The van der Waals surface area contributed by atoms with E-state index in [1.807, 2.05) is 0 Å². The van der Waals surface area contributed by atoms with Gasteiger partial charge < -0.3 is 9.47 Å². The standard InChI is InChI=1S/C24H20F3N3O4S/c1-35(31,32)13-15-7-6-14(11-28-15)17-12-30-21(10-18(17)25)29-19-8-9-33-23(22(19)30)16-4-2-3-5-20(16)34-24(26)27/h2-7,10-12,23-24H,8-9,13H2,1H3. The topological polar surface area (TPSA) is 82.8 Å². The van der Waals surface area contributed by atoms with Gasteiger partial charge in [-0.2, -0.15) is 8.78 Å². The fraction of sp³-hybridized carbons (Fsp3) is 0.250. The Balaban J connectivity index is 1.60. The fourth-order valence-corrected chi connectivity index (χ4v) is 4.94. The molecule has 0 N–H and O–H groups in total. The predicted octanol–water partition coefficient (Wildman–Crippen LogP) is 4.34. The molecular weight excluding hydrogens is 483 g/mol. The van der Waals surface area contributed by atoms with Crippen LogP contribution in [0, 0.1) is 5.82 Å². The fourth-order valence-electron chi connectivity index (χ4n) is 4.23. The molecule has 4 aromatic rings. The van der Waals surface area contributed by atoms with E-state index in [4.69, 9.17) is 9.47 Å². The van der Waals surface area contributed by atoms with Gasteiger partial charge in [0, 0.05) is 47.8 Å². The maximum Gasteiger partial charge on any atom is 0.387 e. The van der Waals surface area contributed by atoms with Crippen molar-refractivity contribution < 1.29 is 31.1 Å². The number of imidazole rings is 1. The molecule has 3 aromatic heterocycles. The van der Waals surface area contributed by atoms with E-state index >= 15 is 4.39 Å². The summed E-state index contributed by atoms with van der Waals surface area (Å²) in [6.45, 7) is -2.69. The Bertz CT molecular complexity index is 1500. The van der Waals surface area contributed by atoms with Gasteiger partial charge in [-0.05, 0) is 12.1 Å². The summed E-state index contributed by atoms with van der Waals surface area (Å²) in [5.74, 6) is -0.761. The van der Waals surface area contributed by atoms with Gasteiger partial charge in [0.15, 0.2) is 9.84 Å². The molecule has 0 radical (unpaired) electrons. The lowest BCUT2D eigenvalue weighted by Gasteiger charge is -2.25. The number of halogens is 3. The number of hydrogen-bond donors (Lipinski definition) is 0. The zero-order chi connectivity index (χ0) is 24.7. The minimum absolute atomic E-state index is 0.0108. The first-order valence-electron chi connectivity index (χ1n) is 10.7. The summed E-state index contributed by atoms with van der Waals surface area (Å²) in [5.41, 5.74) is 3.04. The third-order valence-corrected chi connectivity index (χ3v) is 6.48. The molecule has 0 amide bonds. The molecule has 7 nitrogen and oxygen atoms in total. The maximum absolute atomic E-state index is 15.1. The average molecular weight is 504 g/mol. The van der Waals surface area contributed by atoms with Gasteiger partial charge in [0.25, 0.3) is 0 Å². The molecule has 1 aromatic carbocycles. The van der Waals surface area contributed by atoms with E-state index in [-0.39, 0.29) is 17.1 Å². The van der Waals surface area contributed by atoms with E-state index in [1.165, 1.54) is 24.4 Å². The number of pyridine rings is 2. The SMILES string of the molecule is CS(=O)(=O)Cc1ccc(-c2cn3c4c(nc3cc2F)CCOC4c2ccccc2OC(F)F)cn1. The molecule has 1 atom stereocenters. The van der Waals surface area contributed by atoms with Gasteiger partial charge in [0.05, 0.1) is 29.4 Å². The van der Waals surface area contributed by atoms with Crippen LogP contribution in [0.1, 0.15) is 28.7 Å². The van der Waals surface area contributed by atoms with Crippen LogP contribution >= 0.6 is 0 Å².